The van der Waals surface area contributed by atoms with Crippen molar-refractivity contribution in [3.63, 3.8) is 0 Å². The number of nitro benzene ring substituents is 1. The predicted octanol–water partition coefficient (Wildman–Crippen LogP) is 4.23. The summed E-state index contributed by atoms with van der Waals surface area (Å²) in [6.45, 7) is 3.58. The lowest BCUT2D eigenvalue weighted by molar-refractivity contribution is -0.385. The summed E-state index contributed by atoms with van der Waals surface area (Å²) >= 11 is 3.34. The largest absolute Gasteiger partial charge is 0.322 e. The molecule has 2 rings (SSSR count). The lowest BCUT2D eigenvalue weighted by Crippen LogP contribution is -2.13. The van der Waals surface area contributed by atoms with E-state index in [1.54, 1.807) is 25.1 Å². The van der Waals surface area contributed by atoms with E-state index < -0.39 is 4.92 Å². The average Bonchev–Trinajstić information content (AvgIpc) is 2.40. The molecule has 1 amide bonds. The first-order chi connectivity index (χ1) is 9.88. The number of nitrogens with zero attached hydrogens (tertiary/aromatic N) is 1. The van der Waals surface area contributed by atoms with E-state index in [0.717, 1.165) is 5.56 Å². The zero-order chi connectivity index (χ0) is 15.6. The Hall–Kier alpha value is -2.21. The van der Waals surface area contributed by atoms with Crippen LogP contribution in [0.25, 0.3) is 0 Å². The van der Waals surface area contributed by atoms with Gasteiger partial charge in [-0.05, 0) is 53.5 Å². The molecule has 5 nitrogen and oxygen atoms in total. The number of hydrogen-bond acceptors (Lipinski definition) is 3. The summed E-state index contributed by atoms with van der Waals surface area (Å²) in [7, 11) is 0. The van der Waals surface area contributed by atoms with E-state index in [1.165, 1.54) is 6.07 Å². The third-order valence-electron chi connectivity index (χ3n) is 3.03. The predicted molar refractivity (Wildman–Crippen MR) is 84.7 cm³/mol. The molecule has 108 valence electrons. The standard InChI is InChI=1S/C15H13BrN2O3/c1-9-3-6-12(13(16)7-9)15(19)17-11-5-4-10(2)14(8-11)18(20)21/h3-8H,1-2H3,(H,17,19). The molecule has 0 aliphatic carbocycles. The van der Waals surface area contributed by atoms with Gasteiger partial charge in [0, 0.05) is 21.8 Å². The number of amides is 1. The highest BCUT2D eigenvalue weighted by atomic mass is 79.9. The fourth-order valence-electron chi connectivity index (χ4n) is 1.89. The highest BCUT2D eigenvalue weighted by Crippen LogP contribution is 2.24. The number of carbonyl (C=O) groups is 1. The van der Waals surface area contributed by atoms with Gasteiger partial charge >= 0.3 is 0 Å². The Morgan fingerprint density at radius 1 is 1.19 bits per heavy atom. The van der Waals surface area contributed by atoms with Gasteiger partial charge in [0.15, 0.2) is 0 Å². The van der Waals surface area contributed by atoms with Crippen molar-refractivity contribution in [2.24, 2.45) is 0 Å². The zero-order valence-corrected chi connectivity index (χ0v) is 13.1. The number of benzene rings is 2. The highest BCUT2D eigenvalue weighted by molar-refractivity contribution is 9.10. The molecular weight excluding hydrogens is 336 g/mol. The molecule has 0 fully saturated rings. The van der Waals surface area contributed by atoms with Crippen molar-refractivity contribution in [2.75, 3.05) is 5.32 Å². The minimum Gasteiger partial charge on any atom is -0.322 e. The molecule has 2 aromatic carbocycles. The van der Waals surface area contributed by atoms with Crippen LogP contribution in [0, 0.1) is 24.0 Å². The molecule has 6 heteroatoms. The molecule has 2 aromatic rings. The number of anilines is 1. The second-order valence-corrected chi connectivity index (χ2v) is 5.55. The first-order valence-corrected chi connectivity index (χ1v) is 7.00. The van der Waals surface area contributed by atoms with Crippen LogP contribution in [-0.2, 0) is 0 Å². The number of nitrogens with one attached hydrogen (secondary N) is 1. The van der Waals surface area contributed by atoms with Crippen LogP contribution >= 0.6 is 15.9 Å². The van der Waals surface area contributed by atoms with Gasteiger partial charge < -0.3 is 5.32 Å². The number of aryl methyl sites for hydroxylation is 2. The van der Waals surface area contributed by atoms with Crippen LogP contribution in [0.4, 0.5) is 11.4 Å². The Kier molecular flexibility index (Phi) is 4.37. The number of nitro groups is 1. The SMILES string of the molecule is Cc1ccc(C(=O)Nc2ccc(C)c([N+](=O)[O-])c2)c(Br)c1. The van der Waals surface area contributed by atoms with Gasteiger partial charge in [0.05, 0.1) is 10.5 Å². The van der Waals surface area contributed by atoms with Crippen molar-refractivity contribution in [2.45, 2.75) is 13.8 Å². The van der Waals surface area contributed by atoms with Crippen LogP contribution in [0.3, 0.4) is 0 Å². The number of rotatable bonds is 3. The Labute approximate surface area is 130 Å². The smallest absolute Gasteiger partial charge is 0.274 e. The monoisotopic (exact) mass is 348 g/mol. The summed E-state index contributed by atoms with van der Waals surface area (Å²) in [6.07, 6.45) is 0. The van der Waals surface area contributed by atoms with Gasteiger partial charge in [-0.15, -0.1) is 0 Å². The van der Waals surface area contributed by atoms with Crippen molar-refractivity contribution in [1.82, 2.24) is 0 Å². The van der Waals surface area contributed by atoms with Crippen LogP contribution in [0.15, 0.2) is 40.9 Å². The van der Waals surface area contributed by atoms with Crippen molar-refractivity contribution in [3.05, 3.63) is 67.7 Å². The highest BCUT2D eigenvalue weighted by Gasteiger charge is 2.14. The molecule has 0 unspecified atom stereocenters. The molecule has 0 spiro atoms. The van der Waals surface area contributed by atoms with Crippen molar-refractivity contribution in [3.8, 4) is 0 Å². The van der Waals surface area contributed by atoms with Gasteiger partial charge in [0.1, 0.15) is 0 Å². The molecule has 21 heavy (non-hydrogen) atoms. The van der Waals surface area contributed by atoms with Crippen LogP contribution in [0.2, 0.25) is 0 Å². The van der Waals surface area contributed by atoms with Crippen LogP contribution < -0.4 is 5.32 Å². The van der Waals surface area contributed by atoms with E-state index in [0.29, 0.717) is 21.3 Å². The summed E-state index contributed by atoms with van der Waals surface area (Å²) in [5.74, 6) is -0.319. The quantitative estimate of drug-likeness (QED) is 0.666. The van der Waals surface area contributed by atoms with Gasteiger partial charge in [-0.2, -0.15) is 0 Å². The van der Waals surface area contributed by atoms with Crippen LogP contribution in [0.5, 0.6) is 0 Å². The summed E-state index contributed by atoms with van der Waals surface area (Å²) in [5.41, 5.74) is 2.43. The Balaban J connectivity index is 2.27. The molecule has 1 N–H and O–H groups in total. The Bertz CT molecular complexity index is 729. The molecule has 0 atom stereocenters. The maximum atomic E-state index is 12.2. The topological polar surface area (TPSA) is 72.2 Å². The molecule has 0 saturated heterocycles. The van der Waals surface area contributed by atoms with Gasteiger partial charge in [-0.1, -0.05) is 12.1 Å². The van der Waals surface area contributed by atoms with E-state index >= 15 is 0 Å². The molecule has 0 saturated carbocycles. The van der Waals surface area contributed by atoms with Gasteiger partial charge in [0.2, 0.25) is 0 Å². The lowest BCUT2D eigenvalue weighted by Gasteiger charge is -2.08. The first kappa shape index (κ1) is 15.2. The van der Waals surface area contributed by atoms with E-state index in [9.17, 15) is 14.9 Å². The van der Waals surface area contributed by atoms with E-state index in [1.807, 2.05) is 19.1 Å². The minimum atomic E-state index is -0.465. The van der Waals surface area contributed by atoms with Crippen molar-refractivity contribution in [1.29, 1.82) is 0 Å². The second-order valence-electron chi connectivity index (χ2n) is 4.70. The number of hydrogen-bond donors (Lipinski definition) is 1. The third-order valence-corrected chi connectivity index (χ3v) is 3.69. The van der Waals surface area contributed by atoms with Crippen molar-refractivity contribution >= 4 is 33.2 Å². The average molecular weight is 349 g/mol. The molecule has 0 heterocycles. The van der Waals surface area contributed by atoms with Crippen molar-refractivity contribution < 1.29 is 9.72 Å². The van der Waals surface area contributed by atoms with Gasteiger partial charge in [-0.3, -0.25) is 14.9 Å². The first-order valence-electron chi connectivity index (χ1n) is 6.21. The molecule has 0 bridgehead atoms. The zero-order valence-electron chi connectivity index (χ0n) is 11.5. The van der Waals surface area contributed by atoms with Gasteiger partial charge in [0.25, 0.3) is 11.6 Å². The summed E-state index contributed by atoms with van der Waals surface area (Å²) in [5, 5.41) is 13.6. The summed E-state index contributed by atoms with van der Waals surface area (Å²) < 4.78 is 0.682. The van der Waals surface area contributed by atoms with Crippen LogP contribution in [0.1, 0.15) is 21.5 Å². The molecule has 0 radical (unpaired) electrons. The molecule has 0 aliphatic rings. The number of carbonyl (C=O) groups excluding carboxylic acids is 1. The van der Waals surface area contributed by atoms with E-state index in [2.05, 4.69) is 21.2 Å². The Morgan fingerprint density at radius 2 is 1.90 bits per heavy atom. The number of halogens is 1. The maximum Gasteiger partial charge on any atom is 0.274 e. The van der Waals surface area contributed by atoms with Crippen LogP contribution in [-0.4, -0.2) is 10.8 Å². The summed E-state index contributed by atoms with van der Waals surface area (Å²) in [4.78, 5) is 22.6. The molecule has 0 aromatic heterocycles. The molecular formula is C15H13BrN2O3. The van der Waals surface area contributed by atoms with E-state index in [4.69, 9.17) is 0 Å². The van der Waals surface area contributed by atoms with E-state index in [-0.39, 0.29) is 11.6 Å². The lowest BCUT2D eigenvalue weighted by atomic mass is 10.1. The maximum absolute atomic E-state index is 12.2. The van der Waals surface area contributed by atoms with Gasteiger partial charge in [-0.25, -0.2) is 0 Å². The fraction of sp³-hybridized carbons (Fsp3) is 0.133. The minimum absolute atomic E-state index is 0.0178. The molecule has 0 aliphatic heterocycles. The summed E-state index contributed by atoms with van der Waals surface area (Å²) in [6, 6.07) is 9.98. The Morgan fingerprint density at radius 3 is 2.52 bits per heavy atom. The normalized spacial score (nSPS) is 10.2. The fourth-order valence-corrected chi connectivity index (χ4v) is 2.56. The second kappa shape index (κ2) is 6.05. The third kappa shape index (κ3) is 3.46.